The zero-order valence-electron chi connectivity index (χ0n) is 20.0. The van der Waals surface area contributed by atoms with E-state index in [2.05, 4.69) is 31.5 Å². The predicted molar refractivity (Wildman–Crippen MR) is 141 cm³/mol. The summed E-state index contributed by atoms with van der Waals surface area (Å²) in [6.07, 6.45) is 4.38. The maximum absolute atomic E-state index is 13.1. The van der Waals surface area contributed by atoms with E-state index < -0.39 is 6.04 Å². The van der Waals surface area contributed by atoms with Crippen molar-refractivity contribution in [3.05, 3.63) is 50.1 Å². The lowest BCUT2D eigenvalue weighted by Crippen LogP contribution is -2.43. The highest BCUT2D eigenvalue weighted by molar-refractivity contribution is 9.11. The molecule has 2 heterocycles. The van der Waals surface area contributed by atoms with E-state index in [1.54, 1.807) is 18.2 Å². The summed E-state index contributed by atoms with van der Waals surface area (Å²) in [7, 11) is 4.03. The standard InChI is InChI=1S/C25H33BrN4O3S/c1-17-16-18(9-10-19(17)25(33)30-14-6-7-15-30)27-23(31)20(8-4-5-13-29(2)3)28-24(32)21-11-12-22(26)34-21/h9-12,16,20H,4-8,13-15H2,1-3H3,(H,27,31)(H,28,32). The molecule has 3 rings (SSSR count). The van der Waals surface area contributed by atoms with Crippen molar-refractivity contribution in [2.75, 3.05) is 39.0 Å². The molecule has 1 atom stereocenters. The summed E-state index contributed by atoms with van der Waals surface area (Å²) in [5.74, 6) is -0.473. The van der Waals surface area contributed by atoms with Gasteiger partial charge in [0.05, 0.1) is 8.66 Å². The van der Waals surface area contributed by atoms with Gasteiger partial charge in [-0.15, -0.1) is 11.3 Å². The molecule has 184 valence electrons. The normalized spacial score (nSPS) is 14.3. The highest BCUT2D eigenvalue weighted by atomic mass is 79.9. The van der Waals surface area contributed by atoms with Gasteiger partial charge in [0.1, 0.15) is 6.04 Å². The first-order valence-corrected chi connectivity index (χ1v) is 13.3. The molecule has 34 heavy (non-hydrogen) atoms. The first-order valence-electron chi connectivity index (χ1n) is 11.7. The van der Waals surface area contributed by atoms with E-state index in [-0.39, 0.29) is 17.7 Å². The van der Waals surface area contributed by atoms with Gasteiger partial charge in [0.2, 0.25) is 5.91 Å². The molecule has 9 heteroatoms. The number of hydrogen-bond donors (Lipinski definition) is 2. The van der Waals surface area contributed by atoms with Crippen molar-refractivity contribution in [2.24, 2.45) is 0 Å². The summed E-state index contributed by atoms with van der Waals surface area (Å²) in [5.41, 5.74) is 2.10. The van der Waals surface area contributed by atoms with Crippen molar-refractivity contribution in [1.29, 1.82) is 0 Å². The van der Waals surface area contributed by atoms with E-state index in [4.69, 9.17) is 0 Å². The summed E-state index contributed by atoms with van der Waals surface area (Å²) in [6, 6.07) is 8.27. The van der Waals surface area contributed by atoms with E-state index in [9.17, 15) is 14.4 Å². The Kier molecular flexibility index (Phi) is 9.67. The van der Waals surface area contributed by atoms with Gasteiger partial charge >= 0.3 is 0 Å². The SMILES string of the molecule is Cc1cc(NC(=O)C(CCCCN(C)C)NC(=O)c2ccc(Br)s2)ccc1C(=O)N1CCCC1. The number of anilines is 1. The van der Waals surface area contributed by atoms with Gasteiger partial charge in [-0.2, -0.15) is 0 Å². The Labute approximate surface area is 214 Å². The van der Waals surface area contributed by atoms with Crippen LogP contribution in [-0.4, -0.2) is 67.3 Å². The quantitative estimate of drug-likeness (QED) is 0.427. The number of hydrogen-bond acceptors (Lipinski definition) is 5. The second-order valence-electron chi connectivity index (χ2n) is 8.95. The largest absolute Gasteiger partial charge is 0.340 e. The van der Waals surface area contributed by atoms with Gasteiger partial charge in [-0.1, -0.05) is 0 Å². The number of unbranched alkanes of at least 4 members (excludes halogenated alkanes) is 1. The molecule has 1 saturated heterocycles. The lowest BCUT2D eigenvalue weighted by atomic mass is 10.1. The van der Waals surface area contributed by atoms with Gasteiger partial charge < -0.3 is 20.4 Å². The molecule has 2 aromatic rings. The van der Waals surface area contributed by atoms with Crippen LogP contribution in [0.1, 0.15) is 57.7 Å². The van der Waals surface area contributed by atoms with Gasteiger partial charge in [0.25, 0.3) is 11.8 Å². The summed E-state index contributed by atoms with van der Waals surface area (Å²) in [6.45, 7) is 4.40. The van der Waals surface area contributed by atoms with Crippen molar-refractivity contribution in [3.8, 4) is 0 Å². The van der Waals surface area contributed by atoms with Crippen LogP contribution in [0, 0.1) is 6.92 Å². The smallest absolute Gasteiger partial charge is 0.262 e. The second-order valence-corrected chi connectivity index (χ2v) is 11.4. The molecule has 0 aliphatic carbocycles. The van der Waals surface area contributed by atoms with Gasteiger partial charge in [0, 0.05) is 24.3 Å². The van der Waals surface area contributed by atoms with Gasteiger partial charge in [-0.3, -0.25) is 14.4 Å². The van der Waals surface area contributed by atoms with Crippen molar-refractivity contribution in [3.63, 3.8) is 0 Å². The monoisotopic (exact) mass is 548 g/mol. The van der Waals surface area contributed by atoms with Crippen LogP contribution >= 0.6 is 27.3 Å². The fourth-order valence-corrected chi connectivity index (χ4v) is 5.30. The third-order valence-corrected chi connectivity index (χ3v) is 7.51. The highest BCUT2D eigenvalue weighted by Crippen LogP contribution is 2.23. The third kappa shape index (κ3) is 7.38. The van der Waals surface area contributed by atoms with Crippen molar-refractivity contribution >= 4 is 50.7 Å². The minimum atomic E-state index is -0.651. The Morgan fingerprint density at radius 2 is 1.85 bits per heavy atom. The lowest BCUT2D eigenvalue weighted by Gasteiger charge is -2.20. The molecular formula is C25H33BrN4O3S. The molecule has 2 N–H and O–H groups in total. The van der Waals surface area contributed by atoms with E-state index in [0.29, 0.717) is 22.5 Å². The maximum atomic E-state index is 13.1. The van der Waals surface area contributed by atoms with Crippen LogP contribution < -0.4 is 10.6 Å². The van der Waals surface area contributed by atoms with Gasteiger partial charge in [0.15, 0.2) is 0 Å². The molecule has 7 nitrogen and oxygen atoms in total. The van der Waals surface area contributed by atoms with Crippen LogP contribution in [0.2, 0.25) is 0 Å². The van der Waals surface area contributed by atoms with E-state index in [1.165, 1.54) is 11.3 Å². The van der Waals surface area contributed by atoms with Crippen LogP contribution in [0.25, 0.3) is 0 Å². The second kappa shape index (κ2) is 12.5. The molecule has 0 spiro atoms. The van der Waals surface area contributed by atoms with Crippen molar-refractivity contribution in [1.82, 2.24) is 15.1 Å². The third-order valence-electron chi connectivity index (χ3n) is 5.88. The number of aryl methyl sites for hydroxylation is 1. The number of rotatable bonds is 10. The molecule has 1 aliphatic heterocycles. The fourth-order valence-electron chi connectivity index (χ4n) is 4.01. The number of nitrogens with one attached hydrogen (secondary N) is 2. The van der Waals surface area contributed by atoms with E-state index in [0.717, 1.165) is 54.7 Å². The first kappa shape index (κ1) is 26.4. The number of halogens is 1. The average molecular weight is 550 g/mol. The van der Waals surface area contributed by atoms with Crippen molar-refractivity contribution in [2.45, 2.75) is 45.1 Å². The van der Waals surface area contributed by atoms with Crippen LogP contribution in [0.3, 0.4) is 0 Å². The molecule has 0 bridgehead atoms. The fraction of sp³-hybridized carbons (Fsp3) is 0.480. The number of likely N-dealkylation sites (tertiary alicyclic amines) is 1. The number of amides is 3. The molecule has 1 aliphatic rings. The number of benzene rings is 1. The first-order chi connectivity index (χ1) is 16.2. The zero-order chi connectivity index (χ0) is 24.7. The molecule has 1 unspecified atom stereocenters. The minimum Gasteiger partial charge on any atom is -0.340 e. The van der Waals surface area contributed by atoms with Crippen LogP contribution in [0.5, 0.6) is 0 Å². The zero-order valence-corrected chi connectivity index (χ0v) is 22.4. The lowest BCUT2D eigenvalue weighted by molar-refractivity contribution is -0.118. The van der Waals surface area contributed by atoms with Crippen LogP contribution in [0.4, 0.5) is 5.69 Å². The Hall–Kier alpha value is -2.23. The number of nitrogens with zero attached hydrogens (tertiary/aromatic N) is 2. The maximum Gasteiger partial charge on any atom is 0.262 e. The minimum absolute atomic E-state index is 0.0426. The molecular weight excluding hydrogens is 516 g/mol. The number of carbonyl (C=O) groups is 3. The van der Waals surface area contributed by atoms with Crippen LogP contribution in [0.15, 0.2) is 34.1 Å². The Morgan fingerprint density at radius 3 is 2.47 bits per heavy atom. The Bertz CT molecular complexity index is 1020. The molecule has 1 aromatic carbocycles. The van der Waals surface area contributed by atoms with Gasteiger partial charge in [-0.05, 0) is 111 Å². The molecule has 0 radical (unpaired) electrons. The topological polar surface area (TPSA) is 81.8 Å². The molecule has 3 amide bonds. The predicted octanol–water partition coefficient (Wildman–Crippen LogP) is 4.52. The summed E-state index contributed by atoms with van der Waals surface area (Å²) < 4.78 is 0.865. The summed E-state index contributed by atoms with van der Waals surface area (Å²) >= 11 is 4.71. The van der Waals surface area contributed by atoms with Gasteiger partial charge in [-0.25, -0.2) is 0 Å². The average Bonchev–Trinajstić information content (AvgIpc) is 3.47. The van der Waals surface area contributed by atoms with E-state index in [1.807, 2.05) is 38.1 Å². The summed E-state index contributed by atoms with van der Waals surface area (Å²) in [4.78, 5) is 43.1. The Balaban J connectivity index is 1.67. The van der Waals surface area contributed by atoms with Crippen molar-refractivity contribution < 1.29 is 14.4 Å². The Morgan fingerprint density at radius 1 is 1.12 bits per heavy atom. The van der Waals surface area contributed by atoms with Crippen LogP contribution in [-0.2, 0) is 4.79 Å². The number of carbonyl (C=O) groups excluding carboxylic acids is 3. The number of thiophene rings is 1. The summed E-state index contributed by atoms with van der Waals surface area (Å²) in [5, 5.41) is 5.84. The molecule has 1 fully saturated rings. The molecule has 1 aromatic heterocycles. The highest BCUT2D eigenvalue weighted by Gasteiger charge is 2.24. The van der Waals surface area contributed by atoms with E-state index >= 15 is 0 Å². The molecule has 0 saturated carbocycles.